The van der Waals surface area contributed by atoms with Crippen molar-refractivity contribution >= 4 is 23.2 Å². The van der Waals surface area contributed by atoms with Gasteiger partial charge in [-0.15, -0.1) is 11.3 Å². The summed E-state index contributed by atoms with van der Waals surface area (Å²) in [7, 11) is 1.62. The summed E-state index contributed by atoms with van der Waals surface area (Å²) >= 11 is 1.72. The van der Waals surface area contributed by atoms with Gasteiger partial charge in [-0.05, 0) is 47.5 Å². The maximum Gasteiger partial charge on any atom is 0.242 e. The highest BCUT2D eigenvalue weighted by molar-refractivity contribution is 7.10. The Morgan fingerprint density at radius 2 is 1.89 bits per heavy atom. The van der Waals surface area contributed by atoms with E-state index in [9.17, 15) is 9.59 Å². The third-order valence-electron chi connectivity index (χ3n) is 6.23. The van der Waals surface area contributed by atoms with E-state index in [2.05, 4.69) is 11.4 Å². The summed E-state index contributed by atoms with van der Waals surface area (Å²) in [4.78, 5) is 31.5. The molecule has 0 spiro atoms. The van der Waals surface area contributed by atoms with Crippen molar-refractivity contribution in [3.63, 3.8) is 0 Å². The van der Waals surface area contributed by atoms with E-state index in [1.807, 2.05) is 66.4 Å². The molecule has 1 unspecified atom stereocenters. The largest absolute Gasteiger partial charge is 0.497 e. The Bertz CT molecular complexity index is 1130. The lowest BCUT2D eigenvalue weighted by Gasteiger charge is -2.37. The van der Waals surface area contributed by atoms with Gasteiger partial charge in [0.15, 0.2) is 0 Å². The van der Waals surface area contributed by atoms with Crippen LogP contribution in [0.5, 0.6) is 11.5 Å². The molecule has 0 radical (unpaired) electrons. The molecular formula is C28H32N2O4S. The molecule has 0 saturated heterocycles. The van der Waals surface area contributed by atoms with Gasteiger partial charge in [0, 0.05) is 24.0 Å². The topological polar surface area (TPSA) is 59.1 Å². The van der Waals surface area contributed by atoms with Crippen LogP contribution in [-0.2, 0) is 22.4 Å². The molecule has 6 nitrogen and oxygen atoms in total. The number of thiophene rings is 1. The summed E-state index contributed by atoms with van der Waals surface area (Å²) < 4.78 is 11.4. The van der Waals surface area contributed by atoms with Gasteiger partial charge in [-0.1, -0.05) is 43.3 Å². The second-order valence-electron chi connectivity index (χ2n) is 8.62. The Morgan fingerprint density at radius 3 is 2.66 bits per heavy atom. The highest BCUT2D eigenvalue weighted by Gasteiger charge is 2.33. The Balaban J connectivity index is 1.48. The van der Waals surface area contributed by atoms with Crippen molar-refractivity contribution in [3.05, 3.63) is 82.0 Å². The second-order valence-corrected chi connectivity index (χ2v) is 9.62. The van der Waals surface area contributed by atoms with E-state index >= 15 is 0 Å². The van der Waals surface area contributed by atoms with Crippen molar-refractivity contribution in [3.8, 4) is 11.5 Å². The molecule has 0 fully saturated rings. The van der Waals surface area contributed by atoms with Gasteiger partial charge in [0.05, 0.1) is 26.1 Å². The van der Waals surface area contributed by atoms with Crippen molar-refractivity contribution in [1.82, 2.24) is 9.80 Å². The number of amides is 2. The fraction of sp³-hybridized carbons (Fsp3) is 0.357. The van der Waals surface area contributed by atoms with E-state index < -0.39 is 0 Å². The lowest BCUT2D eigenvalue weighted by Crippen LogP contribution is -2.48. The van der Waals surface area contributed by atoms with E-state index in [-0.39, 0.29) is 24.4 Å². The number of methoxy groups -OCH3 is 1. The van der Waals surface area contributed by atoms with Gasteiger partial charge in [-0.3, -0.25) is 9.59 Å². The van der Waals surface area contributed by atoms with Gasteiger partial charge >= 0.3 is 0 Å². The molecule has 1 atom stereocenters. The molecule has 7 heteroatoms. The lowest BCUT2D eigenvalue weighted by molar-refractivity contribution is -0.142. The zero-order valence-corrected chi connectivity index (χ0v) is 21.1. The molecular weight excluding hydrogens is 460 g/mol. The number of carbonyl (C=O) groups is 2. The van der Waals surface area contributed by atoms with Crippen LogP contribution in [-0.4, -0.2) is 55.0 Å². The highest BCUT2D eigenvalue weighted by atomic mass is 32.1. The zero-order valence-electron chi connectivity index (χ0n) is 20.3. The summed E-state index contributed by atoms with van der Waals surface area (Å²) in [6, 6.07) is 19.0. The summed E-state index contributed by atoms with van der Waals surface area (Å²) in [6.07, 6.45) is 1.91. The lowest BCUT2D eigenvalue weighted by atomic mass is 10.0. The van der Waals surface area contributed by atoms with Gasteiger partial charge in [0.25, 0.3) is 0 Å². The molecule has 0 N–H and O–H groups in total. The Labute approximate surface area is 211 Å². The van der Waals surface area contributed by atoms with E-state index in [1.54, 1.807) is 23.3 Å². The minimum absolute atomic E-state index is 0.0242. The number of nitrogens with zero attached hydrogens (tertiary/aromatic N) is 2. The van der Waals surface area contributed by atoms with Crippen LogP contribution in [0.1, 0.15) is 35.4 Å². The molecule has 3 aromatic rings. The first-order valence-corrected chi connectivity index (χ1v) is 12.9. The van der Waals surface area contributed by atoms with Crippen LogP contribution < -0.4 is 9.47 Å². The molecule has 0 aliphatic carbocycles. The number of hydrogen-bond acceptors (Lipinski definition) is 5. The minimum atomic E-state index is -0.198. The summed E-state index contributed by atoms with van der Waals surface area (Å²) in [5.74, 6) is 1.35. The SMILES string of the molecule is CCCN(CC(=O)N1CCc2sccc2C1COc1cccc(OC)c1)C(=O)Cc1ccccc1. The van der Waals surface area contributed by atoms with E-state index in [1.165, 1.54) is 4.88 Å². The van der Waals surface area contributed by atoms with Crippen molar-refractivity contribution < 1.29 is 19.1 Å². The fourth-order valence-electron chi connectivity index (χ4n) is 4.44. The van der Waals surface area contributed by atoms with Gasteiger partial charge < -0.3 is 19.3 Å². The number of rotatable bonds is 10. The van der Waals surface area contributed by atoms with Crippen LogP contribution in [0.15, 0.2) is 66.0 Å². The predicted octanol–water partition coefficient (Wildman–Crippen LogP) is 4.74. The third kappa shape index (κ3) is 6.22. The highest BCUT2D eigenvalue weighted by Crippen LogP contribution is 2.34. The van der Waals surface area contributed by atoms with E-state index in [0.29, 0.717) is 31.9 Å². The normalized spacial score (nSPS) is 14.8. The van der Waals surface area contributed by atoms with Crippen molar-refractivity contribution in [2.75, 3.05) is 33.4 Å². The quantitative estimate of drug-likeness (QED) is 0.410. The van der Waals surface area contributed by atoms with Crippen LogP contribution in [0, 0.1) is 0 Å². The molecule has 0 saturated carbocycles. The maximum atomic E-state index is 13.6. The zero-order chi connectivity index (χ0) is 24.6. The number of ether oxygens (including phenoxy) is 2. The summed E-state index contributed by atoms with van der Waals surface area (Å²) in [5, 5.41) is 2.07. The molecule has 1 aliphatic heterocycles. The van der Waals surface area contributed by atoms with Gasteiger partial charge in [0.2, 0.25) is 11.8 Å². The molecule has 4 rings (SSSR count). The fourth-order valence-corrected chi connectivity index (χ4v) is 5.37. The average Bonchev–Trinajstić information content (AvgIpc) is 3.37. The molecule has 184 valence electrons. The van der Waals surface area contributed by atoms with Gasteiger partial charge in [-0.2, -0.15) is 0 Å². The van der Waals surface area contributed by atoms with E-state index in [0.717, 1.165) is 29.7 Å². The molecule has 0 bridgehead atoms. The van der Waals surface area contributed by atoms with Crippen LogP contribution in [0.2, 0.25) is 0 Å². The first kappa shape index (κ1) is 24.8. The van der Waals surface area contributed by atoms with Crippen LogP contribution in [0.25, 0.3) is 0 Å². The number of fused-ring (bicyclic) bond motifs is 1. The van der Waals surface area contributed by atoms with Crippen molar-refractivity contribution in [2.24, 2.45) is 0 Å². The maximum absolute atomic E-state index is 13.6. The molecule has 1 aliphatic rings. The van der Waals surface area contributed by atoms with Gasteiger partial charge in [-0.25, -0.2) is 0 Å². The summed E-state index contributed by atoms with van der Waals surface area (Å²) in [5.41, 5.74) is 2.09. The predicted molar refractivity (Wildman–Crippen MR) is 138 cm³/mol. The monoisotopic (exact) mass is 492 g/mol. The Morgan fingerprint density at radius 1 is 1.09 bits per heavy atom. The number of hydrogen-bond donors (Lipinski definition) is 0. The van der Waals surface area contributed by atoms with Crippen LogP contribution >= 0.6 is 11.3 Å². The second kappa shape index (κ2) is 11.9. The number of benzene rings is 2. The Hall–Kier alpha value is -3.32. The molecule has 35 heavy (non-hydrogen) atoms. The standard InChI is InChI=1S/C28H32N2O4S/c1-3-14-29(27(31)17-21-8-5-4-6-9-21)19-28(32)30-15-12-26-24(13-16-35-26)25(30)20-34-23-11-7-10-22(18-23)33-2/h4-11,13,16,18,25H,3,12,14-15,17,19-20H2,1-2H3. The minimum Gasteiger partial charge on any atom is -0.497 e. The molecule has 1 aromatic heterocycles. The first-order chi connectivity index (χ1) is 17.1. The third-order valence-corrected chi connectivity index (χ3v) is 7.23. The van der Waals surface area contributed by atoms with Crippen LogP contribution in [0.4, 0.5) is 0 Å². The first-order valence-electron chi connectivity index (χ1n) is 12.0. The molecule has 2 heterocycles. The van der Waals surface area contributed by atoms with Crippen LogP contribution in [0.3, 0.4) is 0 Å². The summed E-state index contributed by atoms with van der Waals surface area (Å²) in [6.45, 7) is 3.62. The van der Waals surface area contributed by atoms with Crippen molar-refractivity contribution in [1.29, 1.82) is 0 Å². The van der Waals surface area contributed by atoms with Gasteiger partial charge in [0.1, 0.15) is 18.1 Å². The Kier molecular flexibility index (Phi) is 8.42. The van der Waals surface area contributed by atoms with Crippen molar-refractivity contribution in [2.45, 2.75) is 32.2 Å². The average molecular weight is 493 g/mol. The smallest absolute Gasteiger partial charge is 0.242 e. The number of carbonyl (C=O) groups excluding carboxylic acids is 2. The molecule has 2 aromatic carbocycles. The van der Waals surface area contributed by atoms with E-state index in [4.69, 9.17) is 9.47 Å². The molecule has 2 amide bonds.